The number of hydrogen-bond donors (Lipinski definition) is 2. The van der Waals surface area contributed by atoms with Gasteiger partial charge in [-0.2, -0.15) is 0 Å². The van der Waals surface area contributed by atoms with E-state index in [1.54, 1.807) is 0 Å². The Labute approximate surface area is 181 Å². The van der Waals surface area contributed by atoms with Crippen LogP contribution in [-0.4, -0.2) is 36.1 Å². The summed E-state index contributed by atoms with van der Waals surface area (Å²) >= 11 is 6.68. The number of amides is 1. The molecule has 1 aromatic carbocycles. The molecule has 1 spiro atoms. The van der Waals surface area contributed by atoms with Gasteiger partial charge in [-0.3, -0.25) is 4.79 Å². The third-order valence-electron chi connectivity index (χ3n) is 6.53. The fraction of sp³-hybridized carbons (Fsp3) is 0.522. The van der Waals surface area contributed by atoms with Gasteiger partial charge in [-0.15, -0.1) is 0 Å². The first-order chi connectivity index (χ1) is 14.4. The van der Waals surface area contributed by atoms with E-state index in [2.05, 4.69) is 17.2 Å². The number of carbonyl (C=O) groups excluding carboxylic acids is 1. The molecule has 160 valence electrons. The van der Waals surface area contributed by atoms with Crippen LogP contribution < -0.4 is 10.6 Å². The number of fused-ring (bicyclic) bond motifs is 4. The number of morpholine rings is 1. The summed E-state index contributed by atoms with van der Waals surface area (Å²) in [6.07, 6.45) is 5.46. The normalized spacial score (nSPS) is 25.7. The van der Waals surface area contributed by atoms with Crippen molar-refractivity contribution in [3.8, 4) is 0 Å². The van der Waals surface area contributed by atoms with E-state index >= 15 is 0 Å². The van der Waals surface area contributed by atoms with Crippen molar-refractivity contribution in [3.05, 3.63) is 40.9 Å². The minimum Gasteiger partial charge on any atom is -0.450 e. The maximum atomic E-state index is 13.2. The van der Waals surface area contributed by atoms with Crippen LogP contribution in [-0.2, 0) is 10.3 Å². The molecule has 2 aliphatic heterocycles. The van der Waals surface area contributed by atoms with Crippen molar-refractivity contribution < 1.29 is 13.9 Å². The van der Waals surface area contributed by atoms with Crippen molar-refractivity contribution in [2.75, 3.05) is 18.4 Å². The SMILES string of the molecule is C=C1Nc2c(Cl)cc3cc(C(=O)N4C[C@@H](C)O[C@@H](C)C4)oc3c2C2(CCCCC2)N1. The van der Waals surface area contributed by atoms with Crippen LogP contribution in [0.5, 0.6) is 0 Å². The van der Waals surface area contributed by atoms with Gasteiger partial charge >= 0.3 is 0 Å². The average Bonchev–Trinajstić information content (AvgIpc) is 3.10. The van der Waals surface area contributed by atoms with Crippen molar-refractivity contribution in [1.29, 1.82) is 0 Å². The van der Waals surface area contributed by atoms with Crippen LogP contribution in [0.1, 0.15) is 62.1 Å². The van der Waals surface area contributed by atoms with E-state index in [-0.39, 0.29) is 23.7 Å². The Morgan fingerprint density at radius 2 is 1.90 bits per heavy atom. The fourth-order valence-electron chi connectivity index (χ4n) is 5.40. The molecule has 2 N–H and O–H groups in total. The van der Waals surface area contributed by atoms with Gasteiger partial charge in [-0.25, -0.2) is 0 Å². The number of anilines is 1. The van der Waals surface area contributed by atoms with Crippen molar-refractivity contribution in [2.45, 2.75) is 63.7 Å². The van der Waals surface area contributed by atoms with Gasteiger partial charge in [0.2, 0.25) is 0 Å². The predicted molar refractivity (Wildman–Crippen MR) is 118 cm³/mol. The second-order valence-electron chi connectivity index (χ2n) is 8.98. The lowest BCUT2D eigenvalue weighted by Crippen LogP contribution is -2.48. The molecule has 1 saturated heterocycles. The molecule has 5 rings (SSSR count). The van der Waals surface area contributed by atoms with Crippen LogP contribution in [0, 0.1) is 0 Å². The van der Waals surface area contributed by atoms with Gasteiger partial charge in [-0.05, 0) is 38.8 Å². The first kappa shape index (κ1) is 19.8. The van der Waals surface area contributed by atoms with E-state index in [1.165, 1.54) is 6.42 Å². The molecule has 0 radical (unpaired) electrons. The monoisotopic (exact) mass is 429 g/mol. The van der Waals surface area contributed by atoms with Crippen molar-refractivity contribution >= 4 is 34.2 Å². The molecule has 2 atom stereocenters. The molecular formula is C23H28ClN3O3. The number of furan rings is 1. The van der Waals surface area contributed by atoms with Gasteiger partial charge in [0.1, 0.15) is 5.58 Å². The standard InChI is InChI=1S/C23H28ClN3O3/c1-13-11-27(12-14(2)29-13)22(28)18-10-16-9-17(24)20-19(21(16)30-18)23(26-15(3)25-20)7-5-4-6-8-23/h9-10,13-14,25-26H,3-8,11-12H2,1-2H3/t13-,14+. The maximum Gasteiger partial charge on any atom is 0.289 e. The summed E-state index contributed by atoms with van der Waals surface area (Å²) in [4.78, 5) is 15.1. The third-order valence-corrected chi connectivity index (χ3v) is 6.83. The molecule has 7 heteroatoms. The summed E-state index contributed by atoms with van der Waals surface area (Å²) in [5.74, 6) is 1.01. The zero-order valence-corrected chi connectivity index (χ0v) is 18.3. The molecular weight excluding hydrogens is 402 g/mol. The smallest absolute Gasteiger partial charge is 0.289 e. The Balaban J connectivity index is 1.61. The Morgan fingerprint density at radius 1 is 1.20 bits per heavy atom. The number of nitrogens with one attached hydrogen (secondary N) is 2. The molecule has 3 aliphatic rings. The quantitative estimate of drug-likeness (QED) is 0.669. The highest BCUT2D eigenvalue weighted by molar-refractivity contribution is 6.34. The van der Waals surface area contributed by atoms with Crippen LogP contribution in [0.2, 0.25) is 5.02 Å². The van der Waals surface area contributed by atoms with Crippen molar-refractivity contribution in [2.24, 2.45) is 0 Å². The first-order valence-electron chi connectivity index (χ1n) is 10.8. The van der Waals surface area contributed by atoms with Crippen molar-refractivity contribution in [3.63, 3.8) is 0 Å². The topological polar surface area (TPSA) is 66.7 Å². The van der Waals surface area contributed by atoms with Gasteiger partial charge in [0.05, 0.1) is 34.3 Å². The highest BCUT2D eigenvalue weighted by atomic mass is 35.5. The molecule has 1 amide bonds. The van der Waals surface area contributed by atoms with E-state index in [9.17, 15) is 4.79 Å². The summed E-state index contributed by atoms with van der Waals surface area (Å²) in [5.41, 5.74) is 2.34. The Bertz CT molecular complexity index is 1010. The number of rotatable bonds is 1. The third kappa shape index (κ3) is 3.17. The van der Waals surface area contributed by atoms with Gasteiger partial charge in [0.15, 0.2) is 5.76 Å². The highest BCUT2D eigenvalue weighted by Crippen LogP contribution is 2.49. The summed E-state index contributed by atoms with van der Waals surface area (Å²) in [6, 6.07) is 3.71. The van der Waals surface area contributed by atoms with Crippen LogP contribution in [0.15, 0.2) is 28.9 Å². The maximum absolute atomic E-state index is 13.2. The second kappa shape index (κ2) is 7.20. The Morgan fingerprint density at radius 3 is 2.60 bits per heavy atom. The van der Waals surface area contributed by atoms with E-state index < -0.39 is 0 Å². The lowest BCUT2D eigenvalue weighted by atomic mass is 9.74. The van der Waals surface area contributed by atoms with Crippen molar-refractivity contribution in [1.82, 2.24) is 10.2 Å². The zero-order valence-electron chi connectivity index (χ0n) is 17.5. The summed E-state index contributed by atoms with van der Waals surface area (Å²) in [6.45, 7) is 9.21. The number of nitrogens with zero attached hydrogens (tertiary/aromatic N) is 1. The minimum atomic E-state index is -0.265. The zero-order chi connectivity index (χ0) is 21.0. The van der Waals surface area contributed by atoms with E-state index in [1.807, 2.05) is 30.9 Å². The molecule has 3 heterocycles. The Kier molecular flexibility index (Phi) is 4.75. The largest absolute Gasteiger partial charge is 0.450 e. The summed E-state index contributed by atoms with van der Waals surface area (Å²) < 4.78 is 12.0. The lowest BCUT2D eigenvalue weighted by molar-refractivity contribution is -0.0591. The van der Waals surface area contributed by atoms with Gasteiger partial charge in [0.25, 0.3) is 5.91 Å². The van der Waals surface area contributed by atoms with Crippen LogP contribution in [0.3, 0.4) is 0 Å². The molecule has 2 aromatic rings. The summed E-state index contributed by atoms with van der Waals surface area (Å²) in [7, 11) is 0. The van der Waals surface area contributed by atoms with Crippen LogP contribution in [0.25, 0.3) is 11.0 Å². The highest BCUT2D eigenvalue weighted by Gasteiger charge is 2.42. The molecule has 0 unspecified atom stereocenters. The van der Waals surface area contributed by atoms with Gasteiger partial charge in [0, 0.05) is 24.0 Å². The average molecular weight is 430 g/mol. The molecule has 1 saturated carbocycles. The van der Waals surface area contributed by atoms with E-state index in [0.717, 1.165) is 53.7 Å². The number of halogens is 1. The molecule has 2 fully saturated rings. The van der Waals surface area contributed by atoms with E-state index in [4.69, 9.17) is 20.8 Å². The molecule has 30 heavy (non-hydrogen) atoms. The molecule has 6 nitrogen and oxygen atoms in total. The number of benzene rings is 1. The predicted octanol–water partition coefficient (Wildman–Crippen LogP) is 4.98. The number of carbonyl (C=O) groups is 1. The molecule has 1 aliphatic carbocycles. The number of ether oxygens (including phenoxy) is 1. The van der Waals surface area contributed by atoms with Crippen LogP contribution >= 0.6 is 11.6 Å². The second-order valence-corrected chi connectivity index (χ2v) is 9.38. The van der Waals surface area contributed by atoms with Crippen LogP contribution in [0.4, 0.5) is 5.69 Å². The molecule has 0 bridgehead atoms. The summed E-state index contributed by atoms with van der Waals surface area (Å²) in [5, 5.41) is 8.36. The van der Waals surface area contributed by atoms with Gasteiger partial charge < -0.3 is 24.7 Å². The lowest BCUT2D eigenvalue weighted by Gasteiger charge is -2.44. The van der Waals surface area contributed by atoms with Gasteiger partial charge in [-0.1, -0.05) is 37.4 Å². The molecule has 1 aromatic heterocycles. The first-order valence-corrected chi connectivity index (χ1v) is 11.2. The number of hydrogen-bond acceptors (Lipinski definition) is 5. The Hall–Kier alpha value is -2.18. The fourth-order valence-corrected chi connectivity index (χ4v) is 5.66. The van der Waals surface area contributed by atoms with E-state index in [0.29, 0.717) is 23.9 Å². The minimum absolute atomic E-state index is 0.00852.